The second-order valence-corrected chi connectivity index (χ2v) is 6.09. The van der Waals surface area contributed by atoms with E-state index in [1.54, 1.807) is 0 Å². The van der Waals surface area contributed by atoms with E-state index in [-0.39, 0.29) is 12.8 Å². The van der Waals surface area contributed by atoms with Crippen LogP contribution in [0.5, 0.6) is 0 Å². The fraction of sp³-hybridized carbons (Fsp3) is 1.00. The second-order valence-electron chi connectivity index (χ2n) is 6.09. The summed E-state index contributed by atoms with van der Waals surface area (Å²) >= 11 is 0. The Bertz CT molecular complexity index is 295. The van der Waals surface area contributed by atoms with E-state index in [1.807, 2.05) is 4.90 Å². The third-order valence-corrected chi connectivity index (χ3v) is 4.27. The zero-order valence-corrected chi connectivity index (χ0v) is 11.2. The van der Waals surface area contributed by atoms with Gasteiger partial charge in [-0.25, -0.2) is 17.6 Å². The van der Waals surface area contributed by atoms with Gasteiger partial charge in [0.1, 0.15) is 0 Å². The van der Waals surface area contributed by atoms with Gasteiger partial charge in [0.15, 0.2) is 0 Å². The third-order valence-electron chi connectivity index (χ3n) is 4.27. The van der Waals surface area contributed by atoms with Crippen molar-refractivity contribution in [3.63, 3.8) is 0 Å². The fourth-order valence-electron chi connectivity index (χ4n) is 3.45. The maximum absolute atomic E-state index is 13.1. The van der Waals surface area contributed by atoms with Crippen LogP contribution >= 0.6 is 0 Å². The molecule has 2 aliphatic rings. The Morgan fingerprint density at radius 2 is 1.79 bits per heavy atom. The van der Waals surface area contributed by atoms with E-state index in [0.717, 1.165) is 0 Å². The van der Waals surface area contributed by atoms with Gasteiger partial charge in [-0.1, -0.05) is 0 Å². The average Bonchev–Trinajstić information content (AvgIpc) is 2.27. The summed E-state index contributed by atoms with van der Waals surface area (Å²) in [5.41, 5.74) is -0.490. The molecular formula is C13H21F4NO. The van der Waals surface area contributed by atoms with Crippen LogP contribution in [0, 0.1) is 11.3 Å². The lowest BCUT2D eigenvalue weighted by Crippen LogP contribution is -2.55. The molecule has 1 heterocycles. The molecule has 6 heteroatoms. The van der Waals surface area contributed by atoms with Gasteiger partial charge in [0, 0.05) is 37.8 Å². The summed E-state index contributed by atoms with van der Waals surface area (Å²) in [5.74, 6) is -3.11. The number of likely N-dealkylation sites (tertiary alicyclic amines) is 1. The average molecular weight is 283 g/mol. The highest BCUT2D eigenvalue weighted by Gasteiger charge is 2.56. The number of nitrogens with zero attached hydrogens (tertiary/aromatic N) is 1. The minimum atomic E-state index is -2.58. The lowest BCUT2D eigenvalue weighted by atomic mass is 9.66. The van der Waals surface area contributed by atoms with Crippen molar-refractivity contribution in [2.75, 3.05) is 33.4 Å². The number of hydrogen-bond acceptors (Lipinski definition) is 2. The molecule has 0 spiro atoms. The van der Waals surface area contributed by atoms with Crippen LogP contribution in [0.3, 0.4) is 0 Å². The molecule has 0 aromatic rings. The number of halogens is 4. The van der Waals surface area contributed by atoms with Crippen LogP contribution < -0.4 is 0 Å². The summed E-state index contributed by atoms with van der Waals surface area (Å²) in [5, 5.41) is 0. The zero-order chi connectivity index (χ0) is 14.1. The standard InChI is InChI=1S/C13H21F4NO/c1-19-9-12(6-13(16,17)7-12)8-18-4-2-10(3-5-18)11(14)15/h10-11H,2-9H2,1H3. The second kappa shape index (κ2) is 5.56. The van der Waals surface area contributed by atoms with Crippen LogP contribution in [-0.2, 0) is 4.74 Å². The van der Waals surface area contributed by atoms with Gasteiger partial charge in [-0.2, -0.15) is 0 Å². The first kappa shape index (κ1) is 15.0. The Hall–Kier alpha value is -0.360. The first-order chi connectivity index (χ1) is 8.86. The van der Waals surface area contributed by atoms with Gasteiger partial charge < -0.3 is 9.64 Å². The molecule has 1 aliphatic carbocycles. The molecule has 1 saturated carbocycles. The Kier molecular flexibility index (Phi) is 4.40. The molecule has 0 radical (unpaired) electrons. The van der Waals surface area contributed by atoms with Crippen LogP contribution in [-0.4, -0.2) is 50.6 Å². The van der Waals surface area contributed by atoms with Crippen molar-refractivity contribution in [3.8, 4) is 0 Å². The molecule has 0 N–H and O–H groups in total. The van der Waals surface area contributed by atoms with Gasteiger partial charge in [0.2, 0.25) is 12.3 Å². The SMILES string of the molecule is COCC1(CN2CCC(C(F)F)CC2)CC(F)(F)C1. The van der Waals surface area contributed by atoms with E-state index < -0.39 is 23.7 Å². The lowest BCUT2D eigenvalue weighted by molar-refractivity contribution is -0.188. The number of hydrogen-bond donors (Lipinski definition) is 0. The first-order valence-electron chi connectivity index (χ1n) is 6.73. The summed E-state index contributed by atoms with van der Waals surface area (Å²) in [6.07, 6.45) is -1.65. The fourth-order valence-corrected chi connectivity index (χ4v) is 3.45. The molecule has 0 aromatic carbocycles. The molecule has 0 aromatic heterocycles. The highest BCUT2D eigenvalue weighted by molar-refractivity contribution is 5.01. The van der Waals surface area contributed by atoms with Crippen molar-refractivity contribution in [1.82, 2.24) is 4.90 Å². The highest BCUT2D eigenvalue weighted by Crippen LogP contribution is 2.52. The van der Waals surface area contributed by atoms with Crippen molar-refractivity contribution >= 4 is 0 Å². The van der Waals surface area contributed by atoms with Gasteiger partial charge in [-0.3, -0.25) is 0 Å². The Morgan fingerprint density at radius 1 is 1.21 bits per heavy atom. The van der Waals surface area contributed by atoms with Gasteiger partial charge in [0.25, 0.3) is 0 Å². The summed E-state index contributed by atoms with van der Waals surface area (Å²) in [4.78, 5) is 2.03. The third kappa shape index (κ3) is 3.60. The van der Waals surface area contributed by atoms with Gasteiger partial charge in [0.05, 0.1) is 6.61 Å². The predicted octanol–water partition coefficient (Wildman–Crippen LogP) is 3.03. The van der Waals surface area contributed by atoms with E-state index in [0.29, 0.717) is 39.1 Å². The molecule has 0 amide bonds. The number of rotatable bonds is 5. The normalized spacial score (nSPS) is 27.5. The quantitative estimate of drug-likeness (QED) is 0.719. The van der Waals surface area contributed by atoms with Gasteiger partial charge in [-0.15, -0.1) is 0 Å². The molecule has 19 heavy (non-hydrogen) atoms. The van der Waals surface area contributed by atoms with E-state index in [2.05, 4.69) is 0 Å². The molecule has 1 saturated heterocycles. The molecule has 0 unspecified atom stereocenters. The van der Waals surface area contributed by atoms with Gasteiger partial charge in [-0.05, 0) is 25.9 Å². The minimum absolute atomic E-state index is 0.150. The molecule has 2 rings (SSSR count). The van der Waals surface area contributed by atoms with E-state index in [9.17, 15) is 17.6 Å². The molecule has 0 bridgehead atoms. The molecule has 1 aliphatic heterocycles. The van der Waals surface area contributed by atoms with Crippen LogP contribution in [0.25, 0.3) is 0 Å². The summed E-state index contributed by atoms with van der Waals surface area (Å²) < 4.78 is 56.4. The summed E-state index contributed by atoms with van der Waals surface area (Å²) in [7, 11) is 1.52. The Morgan fingerprint density at radius 3 is 2.21 bits per heavy atom. The number of piperidine rings is 1. The predicted molar refractivity (Wildman–Crippen MR) is 63.7 cm³/mol. The number of methoxy groups -OCH3 is 1. The van der Waals surface area contributed by atoms with Crippen LogP contribution in [0.2, 0.25) is 0 Å². The van der Waals surface area contributed by atoms with Crippen molar-refractivity contribution in [2.24, 2.45) is 11.3 Å². The Labute approximate surface area is 111 Å². The monoisotopic (exact) mass is 283 g/mol. The minimum Gasteiger partial charge on any atom is -0.384 e. The summed E-state index contributed by atoms with van der Waals surface area (Å²) in [6.45, 7) is 2.00. The van der Waals surface area contributed by atoms with Crippen LogP contribution in [0.1, 0.15) is 25.7 Å². The summed E-state index contributed by atoms with van der Waals surface area (Å²) in [6, 6.07) is 0. The maximum Gasteiger partial charge on any atom is 0.249 e. The maximum atomic E-state index is 13.1. The highest BCUT2D eigenvalue weighted by atomic mass is 19.3. The Balaban J connectivity index is 1.83. The smallest absolute Gasteiger partial charge is 0.249 e. The van der Waals surface area contributed by atoms with Crippen LogP contribution in [0.15, 0.2) is 0 Å². The van der Waals surface area contributed by atoms with Crippen molar-refractivity contribution in [2.45, 2.75) is 38.0 Å². The number of ether oxygens (including phenoxy) is 1. The zero-order valence-electron chi connectivity index (χ0n) is 11.2. The van der Waals surface area contributed by atoms with Crippen molar-refractivity contribution in [3.05, 3.63) is 0 Å². The largest absolute Gasteiger partial charge is 0.384 e. The first-order valence-corrected chi connectivity index (χ1v) is 6.73. The van der Waals surface area contributed by atoms with Crippen molar-refractivity contribution in [1.29, 1.82) is 0 Å². The molecule has 2 fully saturated rings. The number of alkyl halides is 4. The van der Waals surface area contributed by atoms with Crippen LogP contribution in [0.4, 0.5) is 17.6 Å². The van der Waals surface area contributed by atoms with E-state index in [4.69, 9.17) is 4.74 Å². The molecule has 2 nitrogen and oxygen atoms in total. The molecular weight excluding hydrogens is 262 g/mol. The molecule has 112 valence electrons. The lowest BCUT2D eigenvalue weighted by Gasteiger charge is -2.50. The topological polar surface area (TPSA) is 12.5 Å². The molecule has 0 atom stereocenters. The van der Waals surface area contributed by atoms with Gasteiger partial charge >= 0.3 is 0 Å². The van der Waals surface area contributed by atoms with E-state index >= 15 is 0 Å². The van der Waals surface area contributed by atoms with E-state index in [1.165, 1.54) is 7.11 Å². The van der Waals surface area contributed by atoms with Crippen molar-refractivity contribution < 1.29 is 22.3 Å².